The number of halogens is 2. The standard InChI is InChI=1S/C13H17F2N/c1-13(2)8(7-11(13)16-3)12-9(14)5-4-6-10(12)15/h4-6,8,11,16H,7H2,1-3H3. The van der Waals surface area contributed by atoms with Gasteiger partial charge < -0.3 is 5.32 Å². The molecule has 2 atom stereocenters. The molecule has 1 aliphatic carbocycles. The molecule has 0 saturated heterocycles. The summed E-state index contributed by atoms with van der Waals surface area (Å²) in [4.78, 5) is 0. The van der Waals surface area contributed by atoms with Crippen molar-refractivity contribution < 1.29 is 8.78 Å². The Hall–Kier alpha value is -0.960. The van der Waals surface area contributed by atoms with E-state index >= 15 is 0 Å². The van der Waals surface area contributed by atoms with Crippen LogP contribution in [-0.2, 0) is 0 Å². The van der Waals surface area contributed by atoms with Crippen LogP contribution < -0.4 is 5.32 Å². The molecule has 2 rings (SSSR count). The van der Waals surface area contributed by atoms with Crippen LogP contribution in [0.3, 0.4) is 0 Å². The average molecular weight is 225 g/mol. The average Bonchev–Trinajstić information content (AvgIpc) is 2.21. The fraction of sp³-hybridized carbons (Fsp3) is 0.538. The van der Waals surface area contributed by atoms with Crippen LogP contribution in [0.25, 0.3) is 0 Å². The number of hydrogen-bond acceptors (Lipinski definition) is 1. The predicted molar refractivity (Wildman–Crippen MR) is 60.3 cm³/mol. The van der Waals surface area contributed by atoms with Crippen molar-refractivity contribution in [3.63, 3.8) is 0 Å². The molecule has 0 spiro atoms. The van der Waals surface area contributed by atoms with Crippen LogP contribution in [0.1, 0.15) is 31.7 Å². The summed E-state index contributed by atoms with van der Waals surface area (Å²) in [5.41, 5.74) is 0.150. The zero-order chi connectivity index (χ0) is 11.9. The third-order valence-corrected chi connectivity index (χ3v) is 3.96. The normalized spacial score (nSPS) is 27.6. The van der Waals surface area contributed by atoms with Crippen molar-refractivity contribution in [3.8, 4) is 0 Å². The summed E-state index contributed by atoms with van der Waals surface area (Å²) in [5, 5.41) is 3.19. The second kappa shape index (κ2) is 3.81. The molecule has 1 nitrogen and oxygen atoms in total. The summed E-state index contributed by atoms with van der Waals surface area (Å²) in [6.45, 7) is 4.10. The molecule has 0 aliphatic heterocycles. The second-order valence-corrected chi connectivity index (χ2v) is 5.09. The van der Waals surface area contributed by atoms with Crippen LogP contribution in [-0.4, -0.2) is 13.1 Å². The van der Waals surface area contributed by atoms with E-state index in [0.29, 0.717) is 6.04 Å². The maximum absolute atomic E-state index is 13.6. The van der Waals surface area contributed by atoms with Crippen molar-refractivity contribution in [1.82, 2.24) is 5.32 Å². The monoisotopic (exact) mass is 225 g/mol. The van der Waals surface area contributed by atoms with Crippen LogP contribution in [0, 0.1) is 17.0 Å². The van der Waals surface area contributed by atoms with Gasteiger partial charge in [-0.25, -0.2) is 8.78 Å². The van der Waals surface area contributed by atoms with Gasteiger partial charge in [0.25, 0.3) is 0 Å². The molecule has 0 amide bonds. The van der Waals surface area contributed by atoms with Gasteiger partial charge in [-0.2, -0.15) is 0 Å². The highest BCUT2D eigenvalue weighted by atomic mass is 19.1. The van der Waals surface area contributed by atoms with E-state index in [1.165, 1.54) is 18.2 Å². The first-order valence-corrected chi connectivity index (χ1v) is 5.59. The van der Waals surface area contributed by atoms with Gasteiger partial charge in [-0.15, -0.1) is 0 Å². The van der Waals surface area contributed by atoms with E-state index in [2.05, 4.69) is 5.32 Å². The van der Waals surface area contributed by atoms with Gasteiger partial charge in [0.1, 0.15) is 11.6 Å². The van der Waals surface area contributed by atoms with Crippen molar-refractivity contribution in [1.29, 1.82) is 0 Å². The minimum atomic E-state index is -0.423. The minimum Gasteiger partial charge on any atom is -0.316 e. The Morgan fingerprint density at radius 3 is 2.25 bits per heavy atom. The van der Waals surface area contributed by atoms with Crippen LogP contribution in [0.5, 0.6) is 0 Å². The summed E-state index contributed by atoms with van der Waals surface area (Å²) >= 11 is 0. The Kier molecular flexibility index (Phi) is 2.74. The van der Waals surface area contributed by atoms with Gasteiger partial charge in [-0.3, -0.25) is 0 Å². The molecule has 1 aliphatic rings. The smallest absolute Gasteiger partial charge is 0.129 e. The van der Waals surface area contributed by atoms with Gasteiger partial charge in [0, 0.05) is 11.6 Å². The molecule has 1 aromatic carbocycles. The Balaban J connectivity index is 2.34. The van der Waals surface area contributed by atoms with Gasteiger partial charge in [0.15, 0.2) is 0 Å². The number of rotatable bonds is 2. The number of benzene rings is 1. The Morgan fingerprint density at radius 2 is 1.81 bits per heavy atom. The van der Waals surface area contributed by atoms with E-state index < -0.39 is 11.6 Å². The maximum Gasteiger partial charge on any atom is 0.129 e. The summed E-state index contributed by atoms with van der Waals surface area (Å²) in [7, 11) is 1.89. The van der Waals surface area contributed by atoms with E-state index in [1.54, 1.807) is 0 Å². The van der Waals surface area contributed by atoms with Crippen molar-refractivity contribution >= 4 is 0 Å². The SMILES string of the molecule is CNC1CC(c2c(F)cccc2F)C1(C)C. The molecule has 3 heteroatoms. The van der Waals surface area contributed by atoms with E-state index in [0.717, 1.165) is 6.42 Å². The second-order valence-electron chi connectivity index (χ2n) is 5.09. The van der Waals surface area contributed by atoms with Crippen LogP contribution in [0.4, 0.5) is 8.78 Å². The summed E-state index contributed by atoms with van der Waals surface area (Å²) in [6.07, 6.45) is 0.793. The third-order valence-electron chi connectivity index (χ3n) is 3.96. The molecule has 1 fully saturated rings. The largest absolute Gasteiger partial charge is 0.316 e. The highest BCUT2D eigenvalue weighted by molar-refractivity contribution is 5.30. The highest BCUT2D eigenvalue weighted by Gasteiger charge is 2.49. The molecule has 0 bridgehead atoms. The van der Waals surface area contributed by atoms with Gasteiger partial charge in [0.05, 0.1) is 0 Å². The minimum absolute atomic E-state index is 0.0360. The lowest BCUT2D eigenvalue weighted by molar-refractivity contribution is 0.0702. The van der Waals surface area contributed by atoms with E-state index in [1.807, 2.05) is 20.9 Å². The number of nitrogens with one attached hydrogen (secondary N) is 1. The summed E-state index contributed by atoms with van der Waals surface area (Å²) in [6, 6.07) is 4.41. The molecular weight excluding hydrogens is 208 g/mol. The van der Waals surface area contributed by atoms with E-state index in [-0.39, 0.29) is 16.9 Å². The van der Waals surface area contributed by atoms with Crippen molar-refractivity contribution in [2.45, 2.75) is 32.2 Å². The fourth-order valence-electron chi connectivity index (χ4n) is 2.75. The molecule has 0 heterocycles. The number of hydrogen-bond donors (Lipinski definition) is 1. The molecule has 0 aromatic heterocycles. The van der Waals surface area contributed by atoms with Crippen LogP contribution in [0.2, 0.25) is 0 Å². The van der Waals surface area contributed by atoms with Crippen molar-refractivity contribution in [3.05, 3.63) is 35.4 Å². The highest BCUT2D eigenvalue weighted by Crippen LogP contribution is 2.53. The first-order valence-electron chi connectivity index (χ1n) is 5.59. The molecule has 1 aromatic rings. The van der Waals surface area contributed by atoms with Gasteiger partial charge >= 0.3 is 0 Å². The van der Waals surface area contributed by atoms with Crippen LogP contribution in [0.15, 0.2) is 18.2 Å². The zero-order valence-corrected chi connectivity index (χ0v) is 9.85. The Bertz CT molecular complexity index is 381. The first-order chi connectivity index (χ1) is 7.48. The Morgan fingerprint density at radius 1 is 1.25 bits per heavy atom. The van der Waals surface area contributed by atoms with Crippen LogP contribution >= 0.6 is 0 Å². The lowest BCUT2D eigenvalue weighted by Gasteiger charge is -2.52. The third kappa shape index (κ3) is 1.54. The summed E-state index contributed by atoms with van der Waals surface area (Å²) < 4.78 is 27.3. The zero-order valence-electron chi connectivity index (χ0n) is 9.85. The van der Waals surface area contributed by atoms with Crippen molar-refractivity contribution in [2.75, 3.05) is 7.05 Å². The van der Waals surface area contributed by atoms with E-state index in [9.17, 15) is 8.78 Å². The van der Waals surface area contributed by atoms with Crippen molar-refractivity contribution in [2.24, 2.45) is 5.41 Å². The van der Waals surface area contributed by atoms with E-state index in [4.69, 9.17) is 0 Å². The predicted octanol–water partition coefficient (Wildman–Crippen LogP) is 3.07. The lowest BCUT2D eigenvalue weighted by Crippen LogP contribution is -2.54. The fourth-order valence-corrected chi connectivity index (χ4v) is 2.75. The molecule has 1 N–H and O–H groups in total. The first kappa shape index (κ1) is 11.5. The van der Waals surface area contributed by atoms with Gasteiger partial charge in [-0.1, -0.05) is 19.9 Å². The van der Waals surface area contributed by atoms with Gasteiger partial charge in [-0.05, 0) is 36.9 Å². The topological polar surface area (TPSA) is 12.0 Å². The Labute approximate surface area is 94.9 Å². The quantitative estimate of drug-likeness (QED) is 0.815. The molecule has 2 unspecified atom stereocenters. The van der Waals surface area contributed by atoms with Gasteiger partial charge in [0.2, 0.25) is 0 Å². The molecule has 16 heavy (non-hydrogen) atoms. The summed E-state index contributed by atoms with van der Waals surface area (Å²) in [5.74, 6) is -0.883. The molecular formula is C13H17F2N. The lowest BCUT2D eigenvalue weighted by atomic mass is 9.56. The molecule has 1 saturated carbocycles. The maximum atomic E-state index is 13.6. The molecule has 88 valence electrons. The molecule has 0 radical (unpaired) electrons.